The molecule has 8 nitrogen and oxygen atoms in total. The van der Waals surface area contributed by atoms with E-state index in [4.69, 9.17) is 0 Å². The molecule has 2 amide bonds. The van der Waals surface area contributed by atoms with E-state index in [9.17, 15) is 19.2 Å². The van der Waals surface area contributed by atoms with Crippen molar-refractivity contribution in [3.8, 4) is 0 Å². The van der Waals surface area contributed by atoms with Crippen LogP contribution in [0.3, 0.4) is 0 Å². The van der Waals surface area contributed by atoms with Crippen molar-refractivity contribution >= 4 is 28.3 Å². The van der Waals surface area contributed by atoms with Crippen LogP contribution in [0.5, 0.6) is 0 Å². The second-order valence-electron chi connectivity index (χ2n) is 6.98. The van der Waals surface area contributed by atoms with E-state index in [2.05, 4.69) is 15.7 Å². The molecule has 0 atom stereocenters. The molecule has 0 bridgehead atoms. The van der Waals surface area contributed by atoms with Gasteiger partial charge in [0.05, 0.1) is 17.3 Å². The van der Waals surface area contributed by atoms with Gasteiger partial charge in [-0.25, -0.2) is 4.68 Å². The number of aryl methyl sites for hydroxylation is 3. The molecule has 1 heterocycles. The average Bonchev–Trinajstić information content (AvgIpc) is 2.67. The number of nitrogens with zero attached hydrogens (tertiary/aromatic N) is 1. The number of aromatic amines is 1. The molecular weight excluding hydrogens is 372 g/mol. The highest BCUT2D eigenvalue weighted by Gasteiger charge is 2.12. The Balaban J connectivity index is 1.66. The van der Waals surface area contributed by atoms with Crippen LogP contribution in [0.1, 0.15) is 16.7 Å². The predicted molar refractivity (Wildman–Crippen MR) is 111 cm³/mol. The van der Waals surface area contributed by atoms with Crippen molar-refractivity contribution in [2.75, 3.05) is 11.9 Å². The summed E-state index contributed by atoms with van der Waals surface area (Å²) < 4.78 is 0.937. The number of benzene rings is 2. The van der Waals surface area contributed by atoms with Gasteiger partial charge in [0.1, 0.15) is 6.54 Å². The maximum atomic E-state index is 12.4. The molecule has 150 valence electrons. The molecule has 0 unspecified atom stereocenters. The zero-order valence-electron chi connectivity index (χ0n) is 16.5. The molecule has 0 fully saturated rings. The van der Waals surface area contributed by atoms with Gasteiger partial charge in [-0.2, -0.15) is 0 Å². The SMILES string of the molecule is Cc1cc(C)c(NC(=O)CNC(=O)Cn2[nH]c(=O)c3ccccc3c2=O)c(C)c1. The summed E-state index contributed by atoms with van der Waals surface area (Å²) in [6, 6.07) is 10.3. The maximum absolute atomic E-state index is 12.4. The van der Waals surface area contributed by atoms with Crippen molar-refractivity contribution in [1.82, 2.24) is 15.1 Å². The zero-order valence-corrected chi connectivity index (χ0v) is 16.5. The third-order valence-corrected chi connectivity index (χ3v) is 4.57. The molecule has 3 aromatic rings. The first kappa shape index (κ1) is 20.1. The Morgan fingerprint density at radius 1 is 0.966 bits per heavy atom. The van der Waals surface area contributed by atoms with Crippen molar-refractivity contribution in [1.29, 1.82) is 0 Å². The van der Waals surface area contributed by atoms with Crippen LogP contribution < -0.4 is 21.8 Å². The zero-order chi connectivity index (χ0) is 21.1. The molecular formula is C21H22N4O4. The fourth-order valence-corrected chi connectivity index (χ4v) is 3.30. The van der Waals surface area contributed by atoms with E-state index in [1.54, 1.807) is 18.2 Å². The molecule has 3 N–H and O–H groups in total. The minimum absolute atomic E-state index is 0.229. The Kier molecular flexibility index (Phi) is 5.63. The van der Waals surface area contributed by atoms with Crippen molar-refractivity contribution in [3.63, 3.8) is 0 Å². The number of nitrogens with one attached hydrogen (secondary N) is 3. The fourth-order valence-electron chi connectivity index (χ4n) is 3.30. The van der Waals surface area contributed by atoms with Gasteiger partial charge in [0.25, 0.3) is 11.1 Å². The first-order chi connectivity index (χ1) is 13.8. The van der Waals surface area contributed by atoms with E-state index in [1.165, 1.54) is 6.07 Å². The molecule has 0 radical (unpaired) electrons. The minimum atomic E-state index is -0.564. The van der Waals surface area contributed by atoms with Crippen LogP contribution in [0.2, 0.25) is 0 Å². The molecule has 1 aromatic heterocycles. The number of hydrogen-bond acceptors (Lipinski definition) is 4. The quantitative estimate of drug-likeness (QED) is 0.606. The molecule has 0 aliphatic rings. The van der Waals surface area contributed by atoms with E-state index < -0.39 is 23.6 Å². The van der Waals surface area contributed by atoms with Crippen molar-refractivity contribution in [2.24, 2.45) is 0 Å². The molecule has 0 spiro atoms. The largest absolute Gasteiger partial charge is 0.345 e. The third-order valence-electron chi connectivity index (χ3n) is 4.57. The lowest BCUT2D eigenvalue weighted by molar-refractivity contribution is -0.124. The number of H-pyrrole nitrogens is 1. The number of aromatic nitrogens is 2. The number of anilines is 1. The number of carbonyl (C=O) groups is 2. The lowest BCUT2D eigenvalue weighted by atomic mass is 10.1. The van der Waals surface area contributed by atoms with Gasteiger partial charge in [0.15, 0.2) is 0 Å². The van der Waals surface area contributed by atoms with E-state index in [1.807, 2.05) is 32.9 Å². The minimum Gasteiger partial charge on any atom is -0.345 e. The summed E-state index contributed by atoms with van der Waals surface area (Å²) in [5.41, 5.74) is 2.73. The fraction of sp³-hybridized carbons (Fsp3) is 0.238. The Morgan fingerprint density at radius 3 is 2.24 bits per heavy atom. The molecule has 8 heteroatoms. The molecule has 2 aromatic carbocycles. The number of hydrogen-bond donors (Lipinski definition) is 3. The van der Waals surface area contributed by atoms with Crippen molar-refractivity contribution in [2.45, 2.75) is 27.3 Å². The summed E-state index contributed by atoms with van der Waals surface area (Å²) in [5, 5.41) is 8.13. The Bertz CT molecular complexity index is 1200. The smallest absolute Gasteiger partial charge is 0.273 e. The number of amides is 2. The van der Waals surface area contributed by atoms with Gasteiger partial charge in [0.2, 0.25) is 11.8 Å². The second-order valence-corrected chi connectivity index (χ2v) is 6.98. The average molecular weight is 394 g/mol. The lowest BCUT2D eigenvalue weighted by Gasteiger charge is -2.13. The lowest BCUT2D eigenvalue weighted by Crippen LogP contribution is -2.39. The number of carbonyl (C=O) groups excluding carboxylic acids is 2. The van der Waals surface area contributed by atoms with Gasteiger partial charge in [-0.15, -0.1) is 0 Å². The van der Waals surface area contributed by atoms with E-state index in [0.29, 0.717) is 5.69 Å². The van der Waals surface area contributed by atoms with Gasteiger partial charge < -0.3 is 10.6 Å². The highest BCUT2D eigenvalue weighted by molar-refractivity contribution is 5.95. The van der Waals surface area contributed by atoms with Gasteiger partial charge in [-0.1, -0.05) is 29.8 Å². The first-order valence-electron chi connectivity index (χ1n) is 9.12. The molecule has 0 aliphatic heterocycles. The van der Waals surface area contributed by atoms with Crippen molar-refractivity contribution < 1.29 is 9.59 Å². The van der Waals surface area contributed by atoms with Gasteiger partial charge in [-0.3, -0.25) is 24.3 Å². The molecule has 0 saturated carbocycles. The maximum Gasteiger partial charge on any atom is 0.273 e. The first-order valence-corrected chi connectivity index (χ1v) is 9.12. The van der Waals surface area contributed by atoms with Gasteiger partial charge >= 0.3 is 0 Å². The summed E-state index contributed by atoms with van der Waals surface area (Å²) in [6.07, 6.45) is 0. The number of fused-ring (bicyclic) bond motifs is 1. The van der Waals surface area contributed by atoms with Gasteiger partial charge in [-0.05, 0) is 44.0 Å². The van der Waals surface area contributed by atoms with Crippen LogP contribution in [-0.2, 0) is 16.1 Å². The number of rotatable bonds is 5. The summed E-state index contributed by atoms with van der Waals surface area (Å²) in [7, 11) is 0. The monoisotopic (exact) mass is 394 g/mol. The Morgan fingerprint density at radius 2 is 1.59 bits per heavy atom. The van der Waals surface area contributed by atoms with Crippen LogP contribution in [0, 0.1) is 20.8 Å². The van der Waals surface area contributed by atoms with Crippen LogP contribution in [-0.4, -0.2) is 28.1 Å². The van der Waals surface area contributed by atoms with Crippen LogP contribution in [0.25, 0.3) is 10.8 Å². The van der Waals surface area contributed by atoms with Crippen LogP contribution >= 0.6 is 0 Å². The molecule has 0 saturated heterocycles. The predicted octanol–water partition coefficient (Wildman–Crippen LogP) is 1.37. The summed E-state index contributed by atoms with van der Waals surface area (Å²) in [4.78, 5) is 48.9. The highest BCUT2D eigenvalue weighted by atomic mass is 16.2. The summed E-state index contributed by atoms with van der Waals surface area (Å²) in [6.45, 7) is 5.13. The summed E-state index contributed by atoms with van der Waals surface area (Å²) in [5.74, 6) is -0.946. The summed E-state index contributed by atoms with van der Waals surface area (Å²) >= 11 is 0. The molecule has 3 rings (SSSR count). The van der Waals surface area contributed by atoms with Crippen molar-refractivity contribution in [3.05, 3.63) is 73.8 Å². The normalized spacial score (nSPS) is 10.7. The van der Waals surface area contributed by atoms with Gasteiger partial charge in [0, 0.05) is 5.69 Å². The van der Waals surface area contributed by atoms with E-state index in [0.717, 1.165) is 21.4 Å². The standard InChI is InChI=1S/C21H22N4O4/c1-12-8-13(2)19(14(3)9-12)23-17(26)10-22-18(27)11-25-21(29)16-7-5-4-6-15(16)20(28)24-25/h4-9H,10-11H2,1-3H3,(H,22,27)(H,23,26)(H,24,28). The van der Waals surface area contributed by atoms with Crippen LogP contribution in [0.4, 0.5) is 5.69 Å². The molecule has 0 aliphatic carbocycles. The second kappa shape index (κ2) is 8.14. The highest BCUT2D eigenvalue weighted by Crippen LogP contribution is 2.21. The van der Waals surface area contributed by atoms with E-state index in [-0.39, 0.29) is 23.2 Å². The Hall–Kier alpha value is -3.68. The Labute approximate surface area is 166 Å². The molecule has 29 heavy (non-hydrogen) atoms. The van der Waals surface area contributed by atoms with Crippen LogP contribution in [0.15, 0.2) is 46.0 Å². The topological polar surface area (TPSA) is 113 Å². The third kappa shape index (κ3) is 4.43. The van der Waals surface area contributed by atoms with E-state index >= 15 is 0 Å².